The van der Waals surface area contributed by atoms with E-state index < -0.39 is 29.2 Å². The Bertz CT molecular complexity index is 909. The molecule has 0 fully saturated rings. The third-order valence-corrected chi connectivity index (χ3v) is 3.13. The van der Waals surface area contributed by atoms with Gasteiger partial charge >= 0.3 is 12.1 Å². The van der Waals surface area contributed by atoms with E-state index in [1.807, 2.05) is 0 Å². The van der Waals surface area contributed by atoms with Crippen molar-refractivity contribution >= 4 is 23.6 Å². The van der Waals surface area contributed by atoms with E-state index in [2.05, 4.69) is 20.3 Å². The van der Waals surface area contributed by atoms with Gasteiger partial charge < -0.3 is 15.8 Å². The molecular formula is C16H16F3N5O3. The van der Waals surface area contributed by atoms with E-state index in [4.69, 9.17) is 10.5 Å². The van der Waals surface area contributed by atoms with Gasteiger partial charge in [0.2, 0.25) is 11.9 Å². The van der Waals surface area contributed by atoms with E-state index in [0.717, 1.165) is 12.1 Å². The van der Waals surface area contributed by atoms with E-state index in [1.165, 1.54) is 18.2 Å². The van der Waals surface area contributed by atoms with Gasteiger partial charge in [-0.15, -0.1) is 0 Å². The molecule has 0 aliphatic carbocycles. The SMILES string of the molecule is CCOC(=O)Cc1cc(=O)[nH]c(/N=C(\N)Nc2ccccc2C(F)(F)F)n1. The number of esters is 1. The van der Waals surface area contributed by atoms with Crippen LogP contribution >= 0.6 is 0 Å². The van der Waals surface area contributed by atoms with Gasteiger partial charge in [-0.25, -0.2) is 4.98 Å². The summed E-state index contributed by atoms with van der Waals surface area (Å²) >= 11 is 0. The highest BCUT2D eigenvalue weighted by molar-refractivity contribution is 5.94. The molecule has 1 heterocycles. The van der Waals surface area contributed by atoms with Crippen LogP contribution in [0.4, 0.5) is 24.8 Å². The van der Waals surface area contributed by atoms with Crippen LogP contribution in [0.5, 0.6) is 0 Å². The van der Waals surface area contributed by atoms with E-state index in [0.29, 0.717) is 0 Å². The van der Waals surface area contributed by atoms with Crippen molar-refractivity contribution in [1.82, 2.24) is 9.97 Å². The van der Waals surface area contributed by atoms with Gasteiger partial charge in [0, 0.05) is 6.07 Å². The second-order valence-corrected chi connectivity index (χ2v) is 5.21. The first-order valence-corrected chi connectivity index (χ1v) is 7.72. The molecule has 11 heteroatoms. The number of aromatic amines is 1. The maximum Gasteiger partial charge on any atom is 0.418 e. The van der Waals surface area contributed by atoms with Gasteiger partial charge in [0.25, 0.3) is 5.56 Å². The third-order valence-electron chi connectivity index (χ3n) is 3.13. The molecule has 1 aromatic carbocycles. The lowest BCUT2D eigenvalue weighted by molar-refractivity contribution is -0.142. The number of carbonyl (C=O) groups excluding carboxylic acids is 1. The van der Waals surface area contributed by atoms with Crippen molar-refractivity contribution in [3.63, 3.8) is 0 Å². The number of H-pyrrole nitrogens is 1. The van der Waals surface area contributed by atoms with Crippen molar-refractivity contribution in [3.8, 4) is 0 Å². The topological polar surface area (TPSA) is 122 Å². The van der Waals surface area contributed by atoms with Gasteiger partial charge in [-0.1, -0.05) is 12.1 Å². The zero-order valence-electron chi connectivity index (χ0n) is 14.1. The molecule has 2 aromatic rings. The summed E-state index contributed by atoms with van der Waals surface area (Å²) in [6.45, 7) is 1.80. The molecule has 0 atom stereocenters. The number of rotatable bonds is 5. The van der Waals surface area contributed by atoms with E-state index >= 15 is 0 Å². The number of ether oxygens (including phenoxy) is 1. The number of guanidine groups is 1. The summed E-state index contributed by atoms with van der Waals surface area (Å²) in [7, 11) is 0. The van der Waals surface area contributed by atoms with Crippen LogP contribution < -0.4 is 16.6 Å². The minimum absolute atomic E-state index is 0.0828. The Morgan fingerprint density at radius 1 is 1.37 bits per heavy atom. The number of nitrogens with two attached hydrogens (primary N) is 1. The normalized spacial score (nSPS) is 11.9. The summed E-state index contributed by atoms with van der Waals surface area (Å²) in [5.74, 6) is -1.28. The number of nitrogens with zero attached hydrogens (tertiary/aromatic N) is 2. The molecule has 0 aliphatic rings. The van der Waals surface area contributed by atoms with Gasteiger partial charge in [0.05, 0.1) is 30.0 Å². The average molecular weight is 383 g/mol. The molecule has 0 amide bonds. The van der Waals surface area contributed by atoms with Crippen LogP contribution in [-0.4, -0.2) is 28.5 Å². The third kappa shape index (κ3) is 5.83. The number of halogens is 3. The zero-order chi connectivity index (χ0) is 20.0. The highest BCUT2D eigenvalue weighted by atomic mass is 19.4. The molecule has 0 saturated heterocycles. The number of hydrogen-bond donors (Lipinski definition) is 3. The summed E-state index contributed by atoms with van der Waals surface area (Å²) in [6.07, 6.45) is -4.85. The molecule has 0 saturated carbocycles. The van der Waals surface area contributed by atoms with E-state index in [1.54, 1.807) is 6.92 Å². The monoisotopic (exact) mass is 383 g/mol. The Hall–Kier alpha value is -3.37. The van der Waals surface area contributed by atoms with Crippen molar-refractivity contribution < 1.29 is 22.7 Å². The lowest BCUT2D eigenvalue weighted by atomic mass is 10.1. The number of para-hydroxylation sites is 1. The largest absolute Gasteiger partial charge is 0.466 e. The highest BCUT2D eigenvalue weighted by Crippen LogP contribution is 2.34. The first-order chi connectivity index (χ1) is 12.7. The fraction of sp³-hybridized carbons (Fsp3) is 0.250. The molecule has 27 heavy (non-hydrogen) atoms. The van der Waals surface area contributed by atoms with Crippen molar-refractivity contribution in [2.45, 2.75) is 19.5 Å². The number of anilines is 1. The van der Waals surface area contributed by atoms with Crippen molar-refractivity contribution in [1.29, 1.82) is 0 Å². The molecule has 0 radical (unpaired) electrons. The van der Waals surface area contributed by atoms with E-state index in [-0.39, 0.29) is 30.4 Å². The fourth-order valence-electron chi connectivity index (χ4n) is 2.12. The van der Waals surface area contributed by atoms with Crippen molar-refractivity contribution in [2.75, 3.05) is 11.9 Å². The summed E-state index contributed by atoms with van der Waals surface area (Å²) in [5, 5.41) is 2.32. The molecule has 0 unspecified atom stereocenters. The molecule has 0 bridgehead atoms. The second-order valence-electron chi connectivity index (χ2n) is 5.21. The number of aromatic nitrogens is 2. The number of alkyl halides is 3. The van der Waals surface area contributed by atoms with Crippen LogP contribution in [0, 0.1) is 0 Å². The Kier molecular flexibility index (Phi) is 6.16. The van der Waals surface area contributed by atoms with Gasteiger partial charge in [-0.05, 0) is 19.1 Å². The minimum atomic E-state index is -4.59. The van der Waals surface area contributed by atoms with Gasteiger partial charge in [-0.2, -0.15) is 18.2 Å². The standard InChI is InChI=1S/C16H16F3N5O3/c1-2-27-13(26)8-9-7-12(25)23-15(21-9)24-14(20)22-11-6-4-3-5-10(11)16(17,18)19/h3-7H,2,8H2,1H3,(H4,20,21,22,23,24,25). The number of hydrogen-bond acceptors (Lipinski definition) is 5. The van der Waals surface area contributed by atoms with Gasteiger partial charge in [0.1, 0.15) is 0 Å². The predicted molar refractivity (Wildman–Crippen MR) is 91.5 cm³/mol. The summed E-state index contributed by atoms with van der Waals surface area (Å²) < 4.78 is 43.7. The molecule has 0 spiro atoms. The minimum Gasteiger partial charge on any atom is -0.466 e. The second kappa shape index (κ2) is 8.34. The lowest BCUT2D eigenvalue weighted by Gasteiger charge is -2.13. The maximum atomic E-state index is 13.0. The predicted octanol–water partition coefficient (Wildman–Crippen LogP) is 1.95. The molecule has 4 N–H and O–H groups in total. The quantitative estimate of drug-likeness (QED) is 0.412. The molecule has 8 nitrogen and oxygen atoms in total. The average Bonchev–Trinajstić information content (AvgIpc) is 2.53. The number of nitrogens with one attached hydrogen (secondary N) is 2. The van der Waals surface area contributed by atoms with Crippen LogP contribution in [0.25, 0.3) is 0 Å². The van der Waals surface area contributed by atoms with Crippen molar-refractivity contribution in [2.24, 2.45) is 10.7 Å². The van der Waals surface area contributed by atoms with Crippen LogP contribution in [0.2, 0.25) is 0 Å². The molecular weight excluding hydrogens is 367 g/mol. The maximum absolute atomic E-state index is 13.0. The lowest BCUT2D eigenvalue weighted by Crippen LogP contribution is -2.24. The Morgan fingerprint density at radius 3 is 2.74 bits per heavy atom. The van der Waals surface area contributed by atoms with Crippen LogP contribution in [0.1, 0.15) is 18.2 Å². The van der Waals surface area contributed by atoms with Gasteiger partial charge in [-0.3, -0.25) is 14.6 Å². The van der Waals surface area contributed by atoms with Gasteiger partial charge in [0.15, 0.2) is 0 Å². The Morgan fingerprint density at radius 2 is 2.07 bits per heavy atom. The van der Waals surface area contributed by atoms with Crippen LogP contribution in [-0.2, 0) is 22.1 Å². The van der Waals surface area contributed by atoms with E-state index in [9.17, 15) is 22.8 Å². The summed E-state index contributed by atoms with van der Waals surface area (Å²) in [6, 6.07) is 5.77. The highest BCUT2D eigenvalue weighted by Gasteiger charge is 2.33. The number of benzene rings is 1. The zero-order valence-corrected chi connectivity index (χ0v) is 14.1. The van der Waals surface area contributed by atoms with Crippen LogP contribution in [0.15, 0.2) is 40.1 Å². The summed E-state index contributed by atoms with van der Waals surface area (Å²) in [5.41, 5.74) is 3.86. The van der Waals surface area contributed by atoms with Crippen LogP contribution in [0.3, 0.4) is 0 Å². The van der Waals surface area contributed by atoms with Crippen molar-refractivity contribution in [3.05, 3.63) is 51.9 Å². The first-order valence-electron chi connectivity index (χ1n) is 7.72. The number of aliphatic imine (C=N–C) groups is 1. The molecule has 2 rings (SSSR count). The Balaban J connectivity index is 2.25. The Labute approximate surface area is 151 Å². The smallest absolute Gasteiger partial charge is 0.418 e. The summed E-state index contributed by atoms with van der Waals surface area (Å²) in [4.78, 5) is 33.1. The molecule has 144 valence electrons. The fourth-order valence-corrected chi connectivity index (χ4v) is 2.12. The molecule has 1 aromatic heterocycles. The first kappa shape index (κ1) is 19.9. The number of carbonyl (C=O) groups is 1. The molecule has 0 aliphatic heterocycles.